The summed E-state index contributed by atoms with van der Waals surface area (Å²) in [5, 5.41) is 0.667. The van der Waals surface area contributed by atoms with Gasteiger partial charge in [0.05, 0.1) is 4.90 Å². The average Bonchev–Trinajstić information content (AvgIpc) is 2.86. The summed E-state index contributed by atoms with van der Waals surface area (Å²) in [5.74, 6) is 0. The molecular weight excluding hydrogens is 342 g/mol. The van der Waals surface area contributed by atoms with Crippen molar-refractivity contribution in [1.82, 2.24) is 4.31 Å². The van der Waals surface area contributed by atoms with Gasteiger partial charge in [-0.05, 0) is 54.7 Å². The molecule has 2 unspecified atom stereocenters. The number of sulfonamides is 1. The van der Waals surface area contributed by atoms with Crippen LogP contribution in [0, 0.1) is 0 Å². The van der Waals surface area contributed by atoms with E-state index in [1.165, 1.54) is 0 Å². The maximum absolute atomic E-state index is 13.0. The highest BCUT2D eigenvalue weighted by Gasteiger charge is 2.42. The lowest BCUT2D eigenvalue weighted by atomic mass is 10.1. The first kappa shape index (κ1) is 15.9. The molecule has 2 aliphatic rings. The predicted octanol–water partition coefficient (Wildman–Crippen LogP) is 4.49. The maximum atomic E-state index is 13.0. The van der Waals surface area contributed by atoms with Crippen molar-refractivity contribution in [3.05, 3.63) is 65.7 Å². The standard InChI is InChI=1S/C19H18ClNO2S/c20-16-4-1-3-15(13-16)14-7-11-19(12-8-14)24(22,23)21-17-5-2-6-18(21)10-9-17/h1-5,7-8,11-13,17-18H,6,9-10H2. The molecule has 1 saturated heterocycles. The van der Waals surface area contributed by atoms with Crippen molar-refractivity contribution in [3.63, 3.8) is 0 Å². The smallest absolute Gasteiger partial charge is 0.207 e. The number of nitrogens with zero attached hydrogens (tertiary/aromatic N) is 1. The Hall–Kier alpha value is -1.62. The number of benzene rings is 2. The van der Waals surface area contributed by atoms with E-state index in [-0.39, 0.29) is 12.1 Å². The third-order valence-corrected chi connectivity index (χ3v) is 7.06. The molecule has 0 spiro atoms. The first-order valence-corrected chi connectivity index (χ1v) is 9.94. The van der Waals surface area contributed by atoms with Gasteiger partial charge in [-0.25, -0.2) is 8.42 Å². The van der Waals surface area contributed by atoms with Crippen molar-refractivity contribution in [2.75, 3.05) is 0 Å². The number of hydrogen-bond donors (Lipinski definition) is 0. The molecular formula is C19H18ClNO2S. The molecule has 0 amide bonds. The van der Waals surface area contributed by atoms with Crippen LogP contribution in [0.3, 0.4) is 0 Å². The Balaban J connectivity index is 1.66. The molecule has 0 saturated carbocycles. The van der Waals surface area contributed by atoms with Crippen molar-refractivity contribution in [2.45, 2.75) is 36.2 Å². The third kappa shape index (κ3) is 2.69. The predicted molar refractivity (Wildman–Crippen MR) is 96.5 cm³/mol. The first-order valence-electron chi connectivity index (χ1n) is 8.12. The lowest BCUT2D eigenvalue weighted by Crippen LogP contribution is -2.41. The van der Waals surface area contributed by atoms with E-state index < -0.39 is 10.0 Å². The Labute approximate surface area is 147 Å². The van der Waals surface area contributed by atoms with Crippen LogP contribution in [0.25, 0.3) is 11.1 Å². The van der Waals surface area contributed by atoms with Gasteiger partial charge in [-0.15, -0.1) is 0 Å². The molecule has 3 nitrogen and oxygen atoms in total. The van der Waals surface area contributed by atoms with Gasteiger partial charge >= 0.3 is 0 Å². The quantitative estimate of drug-likeness (QED) is 0.757. The Morgan fingerprint density at radius 2 is 1.79 bits per heavy atom. The van der Waals surface area contributed by atoms with Crippen molar-refractivity contribution in [3.8, 4) is 11.1 Å². The Morgan fingerprint density at radius 3 is 2.50 bits per heavy atom. The van der Waals surface area contributed by atoms with Crippen LogP contribution in [-0.2, 0) is 10.0 Å². The monoisotopic (exact) mass is 359 g/mol. The first-order chi connectivity index (χ1) is 11.6. The Morgan fingerprint density at radius 1 is 1.00 bits per heavy atom. The molecule has 2 aromatic rings. The van der Waals surface area contributed by atoms with Crippen molar-refractivity contribution in [2.24, 2.45) is 0 Å². The van der Waals surface area contributed by atoms with Gasteiger partial charge in [0, 0.05) is 17.1 Å². The van der Waals surface area contributed by atoms with Crippen LogP contribution >= 0.6 is 11.6 Å². The molecule has 2 heterocycles. The minimum absolute atomic E-state index is 0.0151. The van der Waals surface area contributed by atoms with Gasteiger partial charge in [-0.3, -0.25) is 0 Å². The van der Waals surface area contributed by atoms with Crippen molar-refractivity contribution >= 4 is 21.6 Å². The van der Waals surface area contributed by atoms with E-state index in [2.05, 4.69) is 6.08 Å². The number of halogens is 1. The summed E-state index contributed by atoms with van der Waals surface area (Å²) in [5.41, 5.74) is 1.94. The highest BCUT2D eigenvalue weighted by atomic mass is 35.5. The van der Waals surface area contributed by atoms with Gasteiger partial charge in [-0.1, -0.05) is 48.0 Å². The van der Waals surface area contributed by atoms with Gasteiger partial charge in [-0.2, -0.15) is 4.31 Å². The zero-order valence-electron chi connectivity index (χ0n) is 13.1. The third-order valence-electron chi connectivity index (χ3n) is 4.84. The zero-order chi connectivity index (χ0) is 16.7. The van der Waals surface area contributed by atoms with Crippen LogP contribution in [0.4, 0.5) is 0 Å². The fraction of sp³-hybridized carbons (Fsp3) is 0.263. The molecule has 0 aliphatic carbocycles. The second-order valence-electron chi connectivity index (χ2n) is 6.33. The second kappa shape index (κ2) is 6.03. The zero-order valence-corrected chi connectivity index (χ0v) is 14.7. The summed E-state index contributed by atoms with van der Waals surface area (Å²) in [7, 11) is -3.45. The van der Waals surface area contributed by atoms with Crippen molar-refractivity contribution < 1.29 is 8.42 Å². The molecule has 4 rings (SSSR count). The van der Waals surface area contributed by atoms with Gasteiger partial charge in [0.25, 0.3) is 0 Å². The minimum Gasteiger partial charge on any atom is -0.207 e. The molecule has 2 atom stereocenters. The Kier molecular flexibility index (Phi) is 3.99. The van der Waals surface area contributed by atoms with Gasteiger partial charge < -0.3 is 0 Å². The molecule has 5 heteroatoms. The average molecular weight is 360 g/mol. The van der Waals surface area contributed by atoms with Crippen LogP contribution in [0.2, 0.25) is 5.02 Å². The van der Waals surface area contributed by atoms with Crippen LogP contribution in [-0.4, -0.2) is 24.8 Å². The van der Waals surface area contributed by atoms with E-state index in [0.717, 1.165) is 30.4 Å². The van der Waals surface area contributed by atoms with Crippen LogP contribution in [0.1, 0.15) is 19.3 Å². The molecule has 0 N–H and O–H groups in total. The van der Waals surface area contributed by atoms with Crippen molar-refractivity contribution in [1.29, 1.82) is 0 Å². The SMILES string of the molecule is O=S(=O)(c1ccc(-c2cccc(Cl)c2)cc1)N1C2C=CCC1CC2. The summed E-state index contributed by atoms with van der Waals surface area (Å²) in [4.78, 5) is 0.362. The molecule has 2 aromatic carbocycles. The molecule has 2 aliphatic heterocycles. The summed E-state index contributed by atoms with van der Waals surface area (Å²) in [6.45, 7) is 0. The lowest BCUT2D eigenvalue weighted by molar-refractivity contribution is 0.341. The van der Waals surface area contributed by atoms with E-state index in [1.807, 2.05) is 42.5 Å². The summed E-state index contributed by atoms with van der Waals surface area (Å²) < 4.78 is 27.7. The van der Waals surface area contributed by atoms with Gasteiger partial charge in [0.2, 0.25) is 10.0 Å². The van der Waals surface area contributed by atoms with E-state index >= 15 is 0 Å². The van der Waals surface area contributed by atoms with E-state index in [0.29, 0.717) is 9.92 Å². The number of rotatable bonds is 3. The lowest BCUT2D eigenvalue weighted by Gasteiger charge is -2.30. The highest BCUT2D eigenvalue weighted by molar-refractivity contribution is 7.89. The molecule has 1 fully saturated rings. The number of hydrogen-bond acceptors (Lipinski definition) is 2. The Bertz CT molecular complexity index is 890. The fourth-order valence-electron chi connectivity index (χ4n) is 3.67. The summed E-state index contributed by atoms with van der Waals surface area (Å²) in [6.07, 6.45) is 6.81. The fourth-order valence-corrected chi connectivity index (χ4v) is 5.70. The molecule has 24 heavy (non-hydrogen) atoms. The van der Waals surface area contributed by atoms with Gasteiger partial charge in [0.15, 0.2) is 0 Å². The largest absolute Gasteiger partial charge is 0.243 e. The highest BCUT2D eigenvalue weighted by Crippen LogP contribution is 2.36. The maximum Gasteiger partial charge on any atom is 0.243 e. The van der Waals surface area contributed by atoms with Gasteiger partial charge in [0.1, 0.15) is 0 Å². The molecule has 2 bridgehead atoms. The topological polar surface area (TPSA) is 37.4 Å². The van der Waals surface area contributed by atoms with Crippen LogP contribution in [0.15, 0.2) is 65.6 Å². The van der Waals surface area contributed by atoms with E-state index in [1.54, 1.807) is 16.4 Å². The number of fused-ring (bicyclic) bond motifs is 2. The van der Waals surface area contributed by atoms with Crippen LogP contribution in [0.5, 0.6) is 0 Å². The van der Waals surface area contributed by atoms with Crippen LogP contribution < -0.4 is 0 Å². The molecule has 124 valence electrons. The second-order valence-corrected chi connectivity index (χ2v) is 8.61. The summed E-state index contributed by atoms with van der Waals surface area (Å²) in [6, 6.07) is 14.8. The normalized spacial score (nSPS) is 23.5. The molecule has 0 radical (unpaired) electrons. The van der Waals surface area contributed by atoms with E-state index in [9.17, 15) is 8.42 Å². The molecule has 0 aromatic heterocycles. The minimum atomic E-state index is -3.45. The summed E-state index contributed by atoms with van der Waals surface area (Å²) >= 11 is 6.03. The van der Waals surface area contributed by atoms with E-state index in [4.69, 9.17) is 11.6 Å².